The summed E-state index contributed by atoms with van der Waals surface area (Å²) >= 11 is 0. The van der Waals surface area contributed by atoms with Gasteiger partial charge in [-0.25, -0.2) is 13.6 Å². The summed E-state index contributed by atoms with van der Waals surface area (Å²) in [6.45, 7) is 1.02. The van der Waals surface area contributed by atoms with Gasteiger partial charge in [-0.2, -0.15) is 0 Å². The first kappa shape index (κ1) is 24.6. The zero-order chi connectivity index (χ0) is 25.3. The van der Waals surface area contributed by atoms with Gasteiger partial charge in [-0.15, -0.1) is 0 Å². The quantitative estimate of drug-likeness (QED) is 0.500. The SMILES string of the molecule is CO[C@H](C)[C@H](NC(=O)OCC1c2ccccc2-c2ccccc21)C(=O)NC[C@@H]1[C@H](C(=O)O)C1(F)F. The number of alkyl carbamates (subject to hydrolysis) is 1. The van der Waals surface area contributed by atoms with Crippen LogP contribution in [0.2, 0.25) is 0 Å². The molecule has 2 aliphatic carbocycles. The van der Waals surface area contributed by atoms with E-state index in [4.69, 9.17) is 14.6 Å². The lowest BCUT2D eigenvalue weighted by atomic mass is 9.98. The molecule has 0 aromatic heterocycles. The van der Waals surface area contributed by atoms with Gasteiger partial charge in [-0.1, -0.05) is 48.5 Å². The zero-order valence-electron chi connectivity index (χ0n) is 19.2. The fraction of sp³-hybridized carbons (Fsp3) is 0.400. The Bertz CT molecular complexity index is 1090. The minimum atomic E-state index is -3.39. The Morgan fingerprint density at radius 3 is 2.14 bits per heavy atom. The number of alkyl halides is 2. The molecule has 0 bridgehead atoms. The Hall–Kier alpha value is -3.53. The largest absolute Gasteiger partial charge is 0.481 e. The van der Waals surface area contributed by atoms with Crippen molar-refractivity contribution in [1.29, 1.82) is 0 Å². The number of carbonyl (C=O) groups excluding carboxylic acids is 2. The lowest BCUT2D eigenvalue weighted by molar-refractivity contribution is -0.141. The van der Waals surface area contributed by atoms with E-state index in [0.29, 0.717) is 0 Å². The van der Waals surface area contributed by atoms with E-state index in [1.807, 2.05) is 48.5 Å². The number of nitrogens with one attached hydrogen (secondary N) is 2. The summed E-state index contributed by atoms with van der Waals surface area (Å²) in [7, 11) is 1.33. The van der Waals surface area contributed by atoms with E-state index in [0.717, 1.165) is 22.3 Å². The molecule has 1 saturated carbocycles. The van der Waals surface area contributed by atoms with Gasteiger partial charge in [0, 0.05) is 19.6 Å². The molecule has 1 fully saturated rings. The van der Waals surface area contributed by atoms with Crippen molar-refractivity contribution in [2.24, 2.45) is 11.8 Å². The molecular weight excluding hydrogens is 462 g/mol. The molecule has 2 amide bonds. The third kappa shape index (κ3) is 4.70. The number of halogens is 2. The highest BCUT2D eigenvalue weighted by Crippen LogP contribution is 2.54. The van der Waals surface area contributed by atoms with Gasteiger partial charge in [0.05, 0.1) is 12.0 Å². The summed E-state index contributed by atoms with van der Waals surface area (Å²) in [5.41, 5.74) is 4.19. The second kappa shape index (κ2) is 9.61. The fourth-order valence-electron chi connectivity index (χ4n) is 4.60. The maximum absolute atomic E-state index is 13.6. The molecule has 8 nitrogen and oxygen atoms in total. The molecule has 10 heteroatoms. The summed E-state index contributed by atoms with van der Waals surface area (Å²) < 4.78 is 37.8. The van der Waals surface area contributed by atoms with Gasteiger partial charge in [-0.3, -0.25) is 9.59 Å². The summed E-state index contributed by atoms with van der Waals surface area (Å²) in [6, 6.07) is 14.4. The molecular formula is C25H26F2N2O6. The monoisotopic (exact) mass is 488 g/mol. The number of methoxy groups -OCH3 is 1. The first-order valence-corrected chi connectivity index (χ1v) is 11.2. The second-order valence-electron chi connectivity index (χ2n) is 8.73. The van der Waals surface area contributed by atoms with E-state index in [1.54, 1.807) is 0 Å². The van der Waals surface area contributed by atoms with Gasteiger partial charge >= 0.3 is 12.1 Å². The highest BCUT2D eigenvalue weighted by Gasteiger charge is 2.72. The lowest BCUT2D eigenvalue weighted by Gasteiger charge is -2.23. The topological polar surface area (TPSA) is 114 Å². The van der Waals surface area contributed by atoms with Crippen LogP contribution >= 0.6 is 0 Å². The summed E-state index contributed by atoms with van der Waals surface area (Å²) in [4.78, 5) is 36.1. The van der Waals surface area contributed by atoms with E-state index in [1.165, 1.54) is 14.0 Å². The summed E-state index contributed by atoms with van der Waals surface area (Å²) in [6.07, 6.45) is -1.67. The molecule has 2 aromatic rings. The number of fused-ring (bicyclic) bond motifs is 3. The van der Waals surface area contributed by atoms with Crippen LogP contribution in [0.25, 0.3) is 11.1 Å². The lowest BCUT2D eigenvalue weighted by Crippen LogP contribution is -2.53. The number of rotatable bonds is 9. The maximum atomic E-state index is 13.6. The van der Waals surface area contributed by atoms with Crippen molar-refractivity contribution >= 4 is 18.0 Å². The third-order valence-corrected chi connectivity index (χ3v) is 6.71. The van der Waals surface area contributed by atoms with Crippen molar-refractivity contribution in [1.82, 2.24) is 10.6 Å². The molecule has 0 radical (unpaired) electrons. The van der Waals surface area contributed by atoms with Crippen LogP contribution in [0.1, 0.15) is 24.0 Å². The number of amides is 2. The standard InChI is InChI=1S/C25H26F2N2O6/c1-13(34-2)21(22(30)28-11-19-20(23(31)32)25(19,26)27)29-24(33)35-12-18-16-9-5-3-7-14(16)15-8-4-6-10-17(15)18/h3-10,13,18-21H,11-12H2,1-2H3,(H,28,30)(H,29,33)(H,31,32)/t13-,19-,20-,21+/m1/s1. The highest BCUT2D eigenvalue weighted by molar-refractivity contribution is 5.86. The minimum Gasteiger partial charge on any atom is -0.481 e. The van der Waals surface area contributed by atoms with Gasteiger partial charge in [0.15, 0.2) is 0 Å². The van der Waals surface area contributed by atoms with Crippen LogP contribution in [-0.4, -0.2) is 61.4 Å². The van der Waals surface area contributed by atoms with E-state index >= 15 is 0 Å². The van der Waals surface area contributed by atoms with E-state index < -0.39 is 54.4 Å². The number of carboxylic acids is 1. The van der Waals surface area contributed by atoms with Crippen molar-refractivity contribution in [3.63, 3.8) is 0 Å². The number of hydrogen-bond donors (Lipinski definition) is 3. The third-order valence-electron chi connectivity index (χ3n) is 6.71. The molecule has 2 aliphatic rings. The molecule has 0 heterocycles. The summed E-state index contributed by atoms with van der Waals surface area (Å²) in [5, 5.41) is 13.6. The Labute approximate surface area is 200 Å². The van der Waals surface area contributed by atoms with E-state index in [9.17, 15) is 23.2 Å². The van der Waals surface area contributed by atoms with Crippen molar-refractivity contribution < 1.29 is 37.7 Å². The van der Waals surface area contributed by atoms with Crippen molar-refractivity contribution in [2.45, 2.75) is 30.9 Å². The molecule has 4 atom stereocenters. The number of carbonyl (C=O) groups is 3. The number of ether oxygens (including phenoxy) is 2. The second-order valence-corrected chi connectivity index (χ2v) is 8.73. The van der Waals surface area contributed by atoms with Crippen molar-refractivity contribution in [2.75, 3.05) is 20.3 Å². The molecule has 0 unspecified atom stereocenters. The molecule has 2 aromatic carbocycles. The average molecular weight is 488 g/mol. The van der Waals surface area contributed by atoms with Gasteiger partial charge in [0.2, 0.25) is 5.91 Å². The van der Waals surface area contributed by atoms with E-state index in [2.05, 4.69) is 10.6 Å². The fourth-order valence-corrected chi connectivity index (χ4v) is 4.60. The van der Waals surface area contributed by atoms with Crippen LogP contribution in [-0.2, 0) is 19.1 Å². The molecule has 0 spiro atoms. The number of hydrogen-bond acceptors (Lipinski definition) is 5. The molecule has 0 aliphatic heterocycles. The summed E-state index contributed by atoms with van der Waals surface area (Å²) in [5.74, 6) is -9.30. The minimum absolute atomic E-state index is 0.0319. The van der Waals surface area contributed by atoms with Crippen LogP contribution in [0.3, 0.4) is 0 Å². The smallest absolute Gasteiger partial charge is 0.407 e. The Morgan fingerprint density at radius 2 is 1.63 bits per heavy atom. The molecule has 0 saturated heterocycles. The Morgan fingerprint density at radius 1 is 1.06 bits per heavy atom. The van der Waals surface area contributed by atoms with Crippen molar-refractivity contribution in [3.05, 3.63) is 59.7 Å². The first-order chi connectivity index (χ1) is 16.7. The first-order valence-electron chi connectivity index (χ1n) is 11.2. The van der Waals surface area contributed by atoms with Gasteiger partial charge in [-0.05, 0) is 29.2 Å². The van der Waals surface area contributed by atoms with Crippen LogP contribution in [0, 0.1) is 11.8 Å². The Balaban J connectivity index is 1.37. The van der Waals surface area contributed by atoms with Gasteiger partial charge in [0.1, 0.15) is 18.6 Å². The molecule has 35 heavy (non-hydrogen) atoms. The predicted octanol–water partition coefficient (Wildman–Crippen LogP) is 3.01. The average Bonchev–Trinajstić information content (AvgIpc) is 3.26. The van der Waals surface area contributed by atoms with Crippen LogP contribution in [0.5, 0.6) is 0 Å². The highest BCUT2D eigenvalue weighted by atomic mass is 19.3. The normalized spacial score (nSPS) is 21.3. The molecule has 186 valence electrons. The van der Waals surface area contributed by atoms with Crippen LogP contribution < -0.4 is 10.6 Å². The zero-order valence-corrected chi connectivity index (χ0v) is 19.2. The predicted molar refractivity (Wildman–Crippen MR) is 121 cm³/mol. The van der Waals surface area contributed by atoms with E-state index in [-0.39, 0.29) is 12.5 Å². The van der Waals surface area contributed by atoms with Crippen LogP contribution in [0.15, 0.2) is 48.5 Å². The molecule has 4 rings (SSSR count). The van der Waals surface area contributed by atoms with Crippen molar-refractivity contribution in [3.8, 4) is 11.1 Å². The number of carboxylic acid groups (broad SMARTS) is 1. The van der Waals surface area contributed by atoms with Gasteiger partial charge in [0.25, 0.3) is 5.92 Å². The maximum Gasteiger partial charge on any atom is 0.407 e. The van der Waals surface area contributed by atoms with Crippen LogP contribution in [0.4, 0.5) is 13.6 Å². The van der Waals surface area contributed by atoms with Gasteiger partial charge < -0.3 is 25.2 Å². The Kier molecular flexibility index (Phi) is 6.75. The molecule has 3 N–H and O–H groups in total. The number of aliphatic carboxylic acids is 1. The number of benzene rings is 2.